The highest BCUT2D eigenvalue weighted by Gasteiger charge is 2.11. The topological polar surface area (TPSA) is 69.1 Å². The number of hydrogen-bond acceptors (Lipinski definition) is 4. The minimum absolute atomic E-state index is 0. The van der Waals surface area contributed by atoms with Crippen LogP contribution in [0.5, 0.6) is 0 Å². The molecule has 0 aliphatic rings. The average molecular weight is 293 g/mol. The number of nitrogens with zero attached hydrogens (tertiary/aromatic N) is 4. The second-order valence-electron chi connectivity index (χ2n) is 3.10. The Kier molecular flexibility index (Phi) is 3.64. The average Bonchev–Trinajstić information content (AvgIpc) is 2.57. The molecule has 2 aromatic heterocycles. The van der Waals surface area contributed by atoms with Gasteiger partial charge in [0.15, 0.2) is 16.6 Å². The van der Waals surface area contributed by atoms with Gasteiger partial charge in [0.25, 0.3) is 0 Å². The lowest BCUT2D eigenvalue weighted by Gasteiger charge is -2.03. The maximum absolute atomic E-state index is 5.95. The number of hydrogen-bond donors (Lipinski definition) is 1. The molecule has 0 unspecified atom stereocenters. The molecule has 82 valence electrons. The number of rotatable bonds is 1. The summed E-state index contributed by atoms with van der Waals surface area (Å²) in [6.45, 7) is 4.14. The van der Waals surface area contributed by atoms with Crippen LogP contribution in [-0.2, 0) is 6.54 Å². The molecule has 0 amide bonds. The highest BCUT2D eigenvalue weighted by molar-refractivity contribution is 8.93. The van der Waals surface area contributed by atoms with E-state index in [0.29, 0.717) is 23.2 Å². The van der Waals surface area contributed by atoms with Crippen molar-refractivity contribution in [3.63, 3.8) is 0 Å². The van der Waals surface area contributed by atoms with Crippen molar-refractivity contribution in [1.82, 2.24) is 19.8 Å². The fraction of sp³-hybridized carbons (Fsp3) is 0.375. The van der Waals surface area contributed by atoms with Crippen molar-refractivity contribution in [3.8, 4) is 0 Å². The summed E-state index contributed by atoms with van der Waals surface area (Å²) < 4.78 is 1.59. The van der Waals surface area contributed by atoms with E-state index >= 15 is 0 Å². The zero-order valence-corrected chi connectivity index (χ0v) is 10.8. The predicted octanol–water partition coefficient (Wildman–Crippen LogP) is 1.43. The first-order valence-corrected chi connectivity index (χ1v) is 4.60. The molecule has 0 fully saturated rings. The third-order valence-electron chi connectivity index (χ3n) is 2.28. The Hall–Kier alpha value is -0.720. The molecule has 0 bridgehead atoms. The van der Waals surface area contributed by atoms with Gasteiger partial charge in [-0.15, -0.1) is 27.2 Å². The van der Waals surface area contributed by atoms with Gasteiger partial charge in [0.05, 0.1) is 6.54 Å². The lowest BCUT2D eigenvalue weighted by atomic mass is 10.2. The number of aromatic nitrogens is 4. The smallest absolute Gasteiger partial charge is 0.181 e. The van der Waals surface area contributed by atoms with Gasteiger partial charge in [0.1, 0.15) is 0 Å². The zero-order valence-electron chi connectivity index (χ0n) is 8.36. The van der Waals surface area contributed by atoms with Crippen molar-refractivity contribution >= 4 is 34.2 Å². The van der Waals surface area contributed by atoms with Crippen LogP contribution in [0, 0.1) is 13.8 Å². The van der Waals surface area contributed by atoms with E-state index < -0.39 is 0 Å². The Morgan fingerprint density at radius 1 is 1.27 bits per heavy atom. The van der Waals surface area contributed by atoms with Crippen LogP contribution < -0.4 is 5.73 Å². The van der Waals surface area contributed by atoms with Crippen molar-refractivity contribution < 1.29 is 0 Å². The van der Waals surface area contributed by atoms with Crippen molar-refractivity contribution in [2.75, 3.05) is 0 Å². The Balaban J connectivity index is 0.00000112. The van der Waals surface area contributed by atoms with Crippen LogP contribution in [0.15, 0.2) is 0 Å². The van der Waals surface area contributed by atoms with Gasteiger partial charge >= 0.3 is 0 Å². The molecule has 0 saturated carbocycles. The van der Waals surface area contributed by atoms with Gasteiger partial charge in [-0.25, -0.2) is 0 Å². The molecule has 2 heterocycles. The maximum Gasteiger partial charge on any atom is 0.181 e. The second kappa shape index (κ2) is 4.42. The molecule has 0 aliphatic carbocycles. The van der Waals surface area contributed by atoms with Crippen molar-refractivity contribution in [1.29, 1.82) is 0 Å². The van der Waals surface area contributed by atoms with Crippen molar-refractivity contribution in [3.05, 3.63) is 22.1 Å². The monoisotopic (exact) mass is 291 g/mol. The number of aryl methyl sites for hydroxylation is 1. The largest absolute Gasteiger partial charge is 0.324 e. The minimum atomic E-state index is 0. The molecule has 5 nitrogen and oxygen atoms in total. The Labute approximate surface area is 102 Å². The predicted molar refractivity (Wildman–Crippen MR) is 63.5 cm³/mol. The van der Waals surface area contributed by atoms with Crippen LogP contribution in [0.4, 0.5) is 0 Å². The van der Waals surface area contributed by atoms with Crippen LogP contribution in [0.1, 0.15) is 17.0 Å². The lowest BCUT2D eigenvalue weighted by molar-refractivity contribution is 0.803. The van der Waals surface area contributed by atoms with E-state index in [-0.39, 0.29) is 17.0 Å². The first-order chi connectivity index (χ1) is 6.65. The molecule has 2 N–H and O–H groups in total. The lowest BCUT2D eigenvalue weighted by Crippen LogP contribution is -2.06. The molecule has 0 atom stereocenters. The molecule has 2 rings (SSSR count). The van der Waals surface area contributed by atoms with E-state index in [0.717, 1.165) is 11.1 Å². The molecule has 0 aromatic carbocycles. The third kappa shape index (κ3) is 1.84. The van der Waals surface area contributed by atoms with Crippen LogP contribution >= 0.6 is 28.6 Å². The second-order valence-corrected chi connectivity index (χ2v) is 3.45. The summed E-state index contributed by atoms with van der Waals surface area (Å²) in [7, 11) is 0. The van der Waals surface area contributed by atoms with E-state index in [1.165, 1.54) is 0 Å². The molecular weight excluding hydrogens is 281 g/mol. The van der Waals surface area contributed by atoms with Gasteiger partial charge < -0.3 is 5.73 Å². The van der Waals surface area contributed by atoms with E-state index in [2.05, 4.69) is 15.3 Å². The summed E-state index contributed by atoms with van der Waals surface area (Å²) in [6.07, 6.45) is 0. The summed E-state index contributed by atoms with van der Waals surface area (Å²) in [6, 6.07) is 0. The first kappa shape index (κ1) is 12.4. The molecule has 15 heavy (non-hydrogen) atoms. The highest BCUT2D eigenvalue weighted by Crippen LogP contribution is 2.19. The maximum atomic E-state index is 5.95. The number of nitrogens with two attached hydrogens (primary N) is 1. The summed E-state index contributed by atoms with van der Waals surface area (Å²) >= 11 is 5.95. The molecule has 0 aliphatic heterocycles. The SMILES string of the molecule is Br.Cc1c(Cl)nn2c(CN)nnc2c1C. The zero-order chi connectivity index (χ0) is 10.3. The fourth-order valence-corrected chi connectivity index (χ4v) is 1.48. The van der Waals surface area contributed by atoms with Gasteiger partial charge in [0.2, 0.25) is 0 Å². The number of fused-ring (bicyclic) bond motifs is 1. The van der Waals surface area contributed by atoms with Gasteiger partial charge in [-0.1, -0.05) is 11.6 Å². The van der Waals surface area contributed by atoms with Crippen molar-refractivity contribution in [2.45, 2.75) is 20.4 Å². The summed E-state index contributed by atoms with van der Waals surface area (Å²) in [4.78, 5) is 0. The van der Waals surface area contributed by atoms with E-state index in [1.807, 2.05) is 13.8 Å². The highest BCUT2D eigenvalue weighted by atomic mass is 79.9. The molecular formula is C8H11BrClN5. The Morgan fingerprint density at radius 3 is 2.53 bits per heavy atom. The summed E-state index contributed by atoms with van der Waals surface area (Å²) in [5.74, 6) is 0.616. The first-order valence-electron chi connectivity index (χ1n) is 4.22. The Morgan fingerprint density at radius 2 is 1.93 bits per heavy atom. The van der Waals surface area contributed by atoms with E-state index in [1.54, 1.807) is 4.52 Å². The molecule has 0 spiro atoms. The van der Waals surface area contributed by atoms with E-state index in [9.17, 15) is 0 Å². The van der Waals surface area contributed by atoms with Crippen LogP contribution in [0.25, 0.3) is 5.65 Å². The van der Waals surface area contributed by atoms with Gasteiger partial charge in [-0.2, -0.15) is 9.61 Å². The van der Waals surface area contributed by atoms with Gasteiger partial charge in [-0.3, -0.25) is 0 Å². The minimum Gasteiger partial charge on any atom is -0.324 e. The number of halogens is 2. The van der Waals surface area contributed by atoms with Crippen LogP contribution in [0.3, 0.4) is 0 Å². The van der Waals surface area contributed by atoms with Crippen LogP contribution in [-0.4, -0.2) is 19.8 Å². The molecule has 2 aromatic rings. The molecule has 0 radical (unpaired) electrons. The summed E-state index contributed by atoms with van der Waals surface area (Å²) in [5.41, 5.74) is 8.12. The fourth-order valence-electron chi connectivity index (χ4n) is 1.26. The molecule has 0 saturated heterocycles. The molecule has 7 heteroatoms. The van der Waals surface area contributed by atoms with Gasteiger partial charge in [0, 0.05) is 5.56 Å². The van der Waals surface area contributed by atoms with E-state index in [4.69, 9.17) is 17.3 Å². The normalized spacial score (nSPS) is 10.4. The third-order valence-corrected chi connectivity index (χ3v) is 2.64. The van der Waals surface area contributed by atoms with Crippen LogP contribution in [0.2, 0.25) is 5.15 Å². The van der Waals surface area contributed by atoms with Crippen molar-refractivity contribution in [2.24, 2.45) is 5.73 Å². The Bertz CT molecular complexity index is 495. The standard InChI is InChI=1S/C8H10ClN5.BrH/c1-4-5(2)8-12-11-6(3-10)14(8)13-7(4)9;/h3,10H2,1-2H3;1H. The summed E-state index contributed by atoms with van der Waals surface area (Å²) in [5, 5.41) is 12.5. The van der Waals surface area contributed by atoms with Gasteiger partial charge in [-0.05, 0) is 19.4 Å². The quantitative estimate of drug-likeness (QED) is 0.863.